The van der Waals surface area contributed by atoms with Crippen LogP contribution in [-0.4, -0.2) is 30.1 Å². The Morgan fingerprint density at radius 2 is 1.83 bits per heavy atom. The van der Waals surface area contributed by atoms with E-state index in [9.17, 15) is 18.3 Å². The first-order valence-electron chi connectivity index (χ1n) is 6.52. The molecule has 0 amide bonds. The Morgan fingerprint density at radius 1 is 1.22 bits per heavy atom. The average Bonchev–Trinajstić information content (AvgIpc) is 2.26. The Bertz CT molecular complexity index is 263. The van der Waals surface area contributed by atoms with E-state index in [1.54, 1.807) is 0 Å². The van der Waals surface area contributed by atoms with Crippen LogP contribution in [0, 0.1) is 11.3 Å². The average molecular weight is 268 g/mol. The normalized spacial score (nSPS) is 30.5. The van der Waals surface area contributed by atoms with Gasteiger partial charge < -0.3 is 9.84 Å². The van der Waals surface area contributed by atoms with Crippen LogP contribution in [0.3, 0.4) is 0 Å². The molecule has 0 heterocycles. The Labute approximate surface area is 107 Å². The molecule has 18 heavy (non-hydrogen) atoms. The minimum atomic E-state index is -4.33. The molecule has 1 rings (SSSR count). The molecule has 3 atom stereocenters. The van der Waals surface area contributed by atoms with Gasteiger partial charge in [-0.15, -0.1) is 0 Å². The predicted molar refractivity (Wildman–Crippen MR) is 63.2 cm³/mol. The van der Waals surface area contributed by atoms with Crippen molar-refractivity contribution < 1.29 is 23.0 Å². The third kappa shape index (κ3) is 4.43. The summed E-state index contributed by atoms with van der Waals surface area (Å²) in [5, 5.41) is 9.73. The monoisotopic (exact) mass is 268 g/mol. The van der Waals surface area contributed by atoms with Gasteiger partial charge in [0.25, 0.3) is 0 Å². The van der Waals surface area contributed by atoms with E-state index in [-0.39, 0.29) is 5.41 Å². The van der Waals surface area contributed by atoms with Crippen molar-refractivity contribution in [1.82, 2.24) is 0 Å². The zero-order valence-corrected chi connectivity index (χ0v) is 11.3. The predicted octanol–water partition coefficient (Wildman–Crippen LogP) is 3.53. The highest BCUT2D eigenvalue weighted by Gasteiger charge is 2.39. The Kier molecular flexibility index (Phi) is 5.06. The largest absolute Gasteiger partial charge is 0.411 e. The van der Waals surface area contributed by atoms with Gasteiger partial charge in [0.05, 0.1) is 12.2 Å². The van der Waals surface area contributed by atoms with E-state index >= 15 is 0 Å². The lowest BCUT2D eigenvalue weighted by atomic mass is 9.68. The maximum atomic E-state index is 12.1. The van der Waals surface area contributed by atoms with Crippen molar-refractivity contribution in [3.63, 3.8) is 0 Å². The summed E-state index contributed by atoms with van der Waals surface area (Å²) in [7, 11) is 0. The molecule has 0 bridgehead atoms. The minimum Gasteiger partial charge on any atom is -0.390 e. The third-order valence-electron chi connectivity index (χ3n) is 4.23. The van der Waals surface area contributed by atoms with E-state index < -0.39 is 25.0 Å². The van der Waals surface area contributed by atoms with E-state index in [1.807, 2.05) is 0 Å². The molecule has 0 spiro atoms. The summed E-state index contributed by atoms with van der Waals surface area (Å²) in [6, 6.07) is 0. The Morgan fingerprint density at radius 3 is 2.33 bits per heavy atom. The summed E-state index contributed by atoms with van der Waals surface area (Å²) >= 11 is 0. The van der Waals surface area contributed by atoms with Crippen molar-refractivity contribution in [1.29, 1.82) is 0 Å². The van der Waals surface area contributed by atoms with Gasteiger partial charge in [-0.2, -0.15) is 13.2 Å². The molecule has 1 aliphatic carbocycles. The van der Waals surface area contributed by atoms with Gasteiger partial charge in [-0.1, -0.05) is 27.2 Å². The number of ether oxygens (including phenoxy) is 1. The molecule has 108 valence electrons. The second kappa shape index (κ2) is 5.78. The van der Waals surface area contributed by atoms with Crippen molar-refractivity contribution >= 4 is 0 Å². The van der Waals surface area contributed by atoms with Crippen molar-refractivity contribution in [2.24, 2.45) is 11.3 Å². The van der Waals surface area contributed by atoms with Gasteiger partial charge in [-0.25, -0.2) is 0 Å². The van der Waals surface area contributed by atoms with Crippen LogP contribution in [0.2, 0.25) is 0 Å². The molecular weight excluding hydrogens is 245 g/mol. The van der Waals surface area contributed by atoms with E-state index in [2.05, 4.69) is 20.8 Å². The highest BCUT2D eigenvalue weighted by Crippen LogP contribution is 2.41. The summed E-state index contributed by atoms with van der Waals surface area (Å²) in [6.07, 6.45) is -2.91. The lowest BCUT2D eigenvalue weighted by molar-refractivity contribution is -0.202. The minimum absolute atomic E-state index is 0.0833. The molecule has 1 fully saturated rings. The van der Waals surface area contributed by atoms with Crippen molar-refractivity contribution in [3.05, 3.63) is 0 Å². The first kappa shape index (κ1) is 15.8. The van der Waals surface area contributed by atoms with Crippen LogP contribution < -0.4 is 0 Å². The lowest BCUT2D eigenvalue weighted by Gasteiger charge is -2.41. The quantitative estimate of drug-likeness (QED) is 0.845. The molecule has 1 saturated carbocycles. The number of aliphatic hydroxyl groups is 1. The summed E-state index contributed by atoms with van der Waals surface area (Å²) in [5.41, 5.74) is 0.0833. The molecule has 2 nitrogen and oxygen atoms in total. The molecule has 0 radical (unpaired) electrons. The van der Waals surface area contributed by atoms with Gasteiger partial charge in [0.2, 0.25) is 0 Å². The van der Waals surface area contributed by atoms with Crippen LogP contribution in [-0.2, 0) is 4.74 Å². The van der Waals surface area contributed by atoms with Gasteiger partial charge in [-0.3, -0.25) is 0 Å². The Hall–Kier alpha value is -0.290. The molecule has 3 unspecified atom stereocenters. The van der Waals surface area contributed by atoms with Gasteiger partial charge in [0.15, 0.2) is 0 Å². The molecule has 1 aliphatic rings. The molecule has 0 aromatic rings. The highest BCUT2D eigenvalue weighted by molar-refractivity contribution is 4.87. The van der Waals surface area contributed by atoms with Gasteiger partial charge in [0, 0.05) is 0 Å². The van der Waals surface area contributed by atoms with Crippen LogP contribution in [0.25, 0.3) is 0 Å². The number of aliphatic hydroxyl groups excluding tert-OH is 1. The van der Waals surface area contributed by atoms with Gasteiger partial charge >= 0.3 is 6.18 Å². The van der Waals surface area contributed by atoms with E-state index in [4.69, 9.17) is 4.74 Å². The highest BCUT2D eigenvalue weighted by atomic mass is 19.4. The molecule has 0 saturated heterocycles. The van der Waals surface area contributed by atoms with Gasteiger partial charge in [0.1, 0.15) is 6.61 Å². The van der Waals surface area contributed by atoms with Crippen LogP contribution in [0.5, 0.6) is 0 Å². The van der Waals surface area contributed by atoms with E-state index in [0.29, 0.717) is 18.8 Å². The zero-order valence-electron chi connectivity index (χ0n) is 11.3. The second-order valence-electron chi connectivity index (χ2n) is 5.88. The van der Waals surface area contributed by atoms with Crippen LogP contribution in [0.4, 0.5) is 13.2 Å². The topological polar surface area (TPSA) is 29.5 Å². The SMILES string of the molecule is CCC(C)(C)C1CCC(O)C(OCC(F)(F)F)C1. The first-order valence-corrected chi connectivity index (χ1v) is 6.52. The lowest BCUT2D eigenvalue weighted by Crippen LogP contribution is -2.41. The molecule has 5 heteroatoms. The molecular formula is C13H23F3O2. The van der Waals surface area contributed by atoms with Crippen LogP contribution in [0.1, 0.15) is 46.5 Å². The molecule has 1 N–H and O–H groups in total. The van der Waals surface area contributed by atoms with E-state index in [1.165, 1.54) is 0 Å². The van der Waals surface area contributed by atoms with Gasteiger partial charge in [-0.05, 0) is 30.6 Å². The summed E-state index contributed by atoms with van der Waals surface area (Å²) in [5.74, 6) is 0.309. The fourth-order valence-electron chi connectivity index (χ4n) is 2.49. The van der Waals surface area contributed by atoms with E-state index in [0.717, 1.165) is 12.8 Å². The number of rotatable bonds is 4. The smallest absolute Gasteiger partial charge is 0.390 e. The van der Waals surface area contributed by atoms with Crippen LogP contribution >= 0.6 is 0 Å². The summed E-state index contributed by atoms with van der Waals surface area (Å²) in [4.78, 5) is 0. The molecule has 0 aromatic carbocycles. The number of alkyl halides is 3. The fourth-order valence-corrected chi connectivity index (χ4v) is 2.49. The molecule has 0 aromatic heterocycles. The fraction of sp³-hybridized carbons (Fsp3) is 1.00. The standard InChI is InChI=1S/C13H23F3O2/c1-4-12(2,3)9-5-6-10(17)11(7-9)18-8-13(14,15)16/h9-11,17H,4-8H2,1-3H3. The first-order chi connectivity index (χ1) is 8.15. The van der Waals surface area contributed by atoms with Crippen LogP contribution in [0.15, 0.2) is 0 Å². The summed E-state index contributed by atoms with van der Waals surface area (Å²) < 4.78 is 41.2. The van der Waals surface area contributed by atoms with Crippen molar-refractivity contribution in [3.8, 4) is 0 Å². The number of hydrogen-bond acceptors (Lipinski definition) is 2. The number of halogens is 3. The second-order valence-corrected chi connectivity index (χ2v) is 5.88. The summed E-state index contributed by atoms with van der Waals surface area (Å²) in [6.45, 7) is 5.05. The van der Waals surface area contributed by atoms with Crippen molar-refractivity contribution in [2.75, 3.05) is 6.61 Å². The third-order valence-corrected chi connectivity index (χ3v) is 4.23. The zero-order chi connectivity index (χ0) is 14.0. The Balaban J connectivity index is 2.56. The number of hydrogen-bond donors (Lipinski definition) is 1. The molecule has 0 aliphatic heterocycles. The van der Waals surface area contributed by atoms with Crippen molar-refractivity contribution in [2.45, 2.75) is 64.8 Å². The maximum absolute atomic E-state index is 12.1. The maximum Gasteiger partial charge on any atom is 0.411 e.